The van der Waals surface area contributed by atoms with Crippen molar-refractivity contribution >= 4 is 30.0 Å². The molecule has 0 amide bonds. The first-order chi connectivity index (χ1) is 15.7. The molecule has 2 aliphatic rings. The summed E-state index contributed by atoms with van der Waals surface area (Å²) in [5, 5.41) is 13.1. The van der Waals surface area contributed by atoms with Gasteiger partial charge in [-0.3, -0.25) is 0 Å². The highest BCUT2D eigenvalue weighted by molar-refractivity contribution is 5.84. The summed E-state index contributed by atoms with van der Waals surface area (Å²) in [5.74, 6) is 1.17. The molecule has 32 heavy (non-hydrogen) atoms. The van der Waals surface area contributed by atoms with Gasteiger partial charge in [0.25, 0.3) is 0 Å². The van der Waals surface area contributed by atoms with Gasteiger partial charge in [0.05, 0.1) is 6.21 Å². The number of benzene rings is 1. The van der Waals surface area contributed by atoms with Gasteiger partial charge in [-0.15, -0.1) is 0 Å². The number of hydrogen-bond donors (Lipinski definition) is 2. The monoisotopic (exact) mass is 439 g/mol. The molecule has 2 aliphatic heterocycles. The molecule has 170 valence electrons. The summed E-state index contributed by atoms with van der Waals surface area (Å²) < 4.78 is 5.33. The van der Waals surface area contributed by atoms with Crippen molar-refractivity contribution in [3.05, 3.63) is 29.8 Å². The van der Waals surface area contributed by atoms with Crippen LogP contribution in [-0.4, -0.2) is 65.0 Å². The molecule has 0 unspecified atom stereocenters. The number of nitrogens with one attached hydrogen (secondary N) is 1. The molecule has 0 saturated carbocycles. The molecule has 3 heterocycles. The Kier molecular flexibility index (Phi) is 7.31. The molecule has 0 bridgehead atoms. The molecular formula is C22H29N7O3. The predicted octanol–water partition coefficient (Wildman–Crippen LogP) is 2.76. The van der Waals surface area contributed by atoms with E-state index in [4.69, 9.17) is 14.8 Å². The van der Waals surface area contributed by atoms with Crippen LogP contribution < -0.4 is 20.0 Å². The van der Waals surface area contributed by atoms with Crippen molar-refractivity contribution in [2.45, 2.75) is 38.5 Å². The Morgan fingerprint density at radius 1 is 0.969 bits per heavy atom. The summed E-state index contributed by atoms with van der Waals surface area (Å²) in [6.07, 6.45) is 8.59. The number of rotatable bonds is 8. The van der Waals surface area contributed by atoms with Gasteiger partial charge in [-0.25, -0.2) is 10.2 Å². The topological polar surface area (TPSA) is 116 Å². The fourth-order valence-electron chi connectivity index (χ4n) is 3.89. The van der Waals surface area contributed by atoms with Crippen LogP contribution in [0.25, 0.3) is 0 Å². The van der Waals surface area contributed by atoms with Gasteiger partial charge in [0, 0.05) is 31.7 Å². The summed E-state index contributed by atoms with van der Waals surface area (Å²) >= 11 is 0. The predicted molar refractivity (Wildman–Crippen MR) is 123 cm³/mol. The zero-order valence-corrected chi connectivity index (χ0v) is 18.1. The Balaban J connectivity index is 1.53. The molecule has 0 aliphatic carbocycles. The molecule has 2 N–H and O–H groups in total. The van der Waals surface area contributed by atoms with Crippen LogP contribution in [0, 0.1) is 0 Å². The first kappa shape index (κ1) is 21.8. The zero-order chi connectivity index (χ0) is 22.2. The summed E-state index contributed by atoms with van der Waals surface area (Å²) in [6, 6.07) is 7.12. The third-order valence-corrected chi connectivity index (χ3v) is 5.53. The minimum atomic E-state index is -1.03. The average molecular weight is 440 g/mol. The number of aliphatic carboxylic acids is 1. The normalized spacial score (nSPS) is 16.9. The number of piperidine rings is 2. The number of ether oxygens (including phenoxy) is 1. The van der Waals surface area contributed by atoms with E-state index in [-0.39, 0.29) is 0 Å². The van der Waals surface area contributed by atoms with Crippen molar-refractivity contribution < 1.29 is 14.6 Å². The molecular weight excluding hydrogens is 410 g/mol. The third-order valence-electron chi connectivity index (χ3n) is 5.53. The quantitative estimate of drug-likeness (QED) is 0.473. The van der Waals surface area contributed by atoms with Crippen LogP contribution in [-0.2, 0) is 4.79 Å². The van der Waals surface area contributed by atoms with Crippen molar-refractivity contribution in [1.82, 2.24) is 15.0 Å². The van der Waals surface area contributed by atoms with E-state index in [9.17, 15) is 4.79 Å². The Hall–Kier alpha value is -3.43. The maximum absolute atomic E-state index is 10.8. The number of carboxylic acids is 1. The maximum Gasteiger partial charge on any atom is 0.341 e. The molecule has 0 atom stereocenters. The molecule has 10 nitrogen and oxygen atoms in total. The first-order valence-corrected chi connectivity index (χ1v) is 11.2. The SMILES string of the molecule is O=C(O)COc1ccccc1/C=N/Nc1nc(N2CCCCC2)nc(N2CCCCC2)n1. The van der Waals surface area contributed by atoms with Crippen LogP contribution in [0.1, 0.15) is 44.1 Å². The Labute approximate surface area is 187 Å². The third kappa shape index (κ3) is 5.83. The number of anilines is 3. The number of hydrazone groups is 1. The molecule has 2 aromatic rings. The zero-order valence-electron chi connectivity index (χ0n) is 18.1. The van der Waals surface area contributed by atoms with E-state index < -0.39 is 12.6 Å². The second-order valence-electron chi connectivity index (χ2n) is 7.94. The minimum absolute atomic E-state index is 0.390. The molecule has 2 fully saturated rings. The fourth-order valence-corrected chi connectivity index (χ4v) is 3.89. The number of hydrogen-bond acceptors (Lipinski definition) is 9. The minimum Gasteiger partial charge on any atom is -0.481 e. The van der Waals surface area contributed by atoms with Crippen LogP contribution in [0.3, 0.4) is 0 Å². The number of carbonyl (C=O) groups is 1. The smallest absolute Gasteiger partial charge is 0.341 e. The van der Waals surface area contributed by atoms with E-state index in [1.54, 1.807) is 24.4 Å². The summed E-state index contributed by atoms with van der Waals surface area (Å²) in [5.41, 5.74) is 3.58. The van der Waals surface area contributed by atoms with Crippen LogP contribution in [0.4, 0.5) is 17.8 Å². The van der Waals surface area contributed by atoms with Crippen LogP contribution in [0.5, 0.6) is 5.75 Å². The maximum atomic E-state index is 10.8. The Morgan fingerprint density at radius 2 is 1.56 bits per heavy atom. The summed E-state index contributed by atoms with van der Waals surface area (Å²) in [7, 11) is 0. The van der Waals surface area contributed by atoms with Crippen LogP contribution in [0.15, 0.2) is 29.4 Å². The first-order valence-electron chi connectivity index (χ1n) is 11.2. The van der Waals surface area contributed by atoms with Crippen molar-refractivity contribution in [2.75, 3.05) is 48.0 Å². The average Bonchev–Trinajstić information content (AvgIpc) is 2.84. The van der Waals surface area contributed by atoms with Crippen molar-refractivity contribution in [3.8, 4) is 5.75 Å². The molecule has 1 aromatic heterocycles. The molecule has 0 radical (unpaired) electrons. The highest BCUT2D eigenvalue weighted by Gasteiger charge is 2.20. The second-order valence-corrected chi connectivity index (χ2v) is 7.94. The van der Waals surface area contributed by atoms with Gasteiger partial charge in [0.1, 0.15) is 5.75 Å². The number of nitrogens with zero attached hydrogens (tertiary/aromatic N) is 6. The molecule has 1 aromatic carbocycles. The van der Waals surface area contributed by atoms with Crippen molar-refractivity contribution in [2.24, 2.45) is 5.10 Å². The highest BCUT2D eigenvalue weighted by Crippen LogP contribution is 2.22. The largest absolute Gasteiger partial charge is 0.481 e. The summed E-state index contributed by atoms with van der Waals surface area (Å²) in [6.45, 7) is 3.37. The standard InChI is InChI=1S/C22H29N7O3/c30-19(31)16-32-18-10-4-3-9-17(18)15-23-27-20-24-21(28-11-5-1-6-12-28)26-22(25-20)29-13-7-2-8-14-29/h3-4,9-10,15H,1-2,5-8,11-14,16H2,(H,30,31)(H,24,25,26,27)/b23-15+. The molecule has 10 heteroatoms. The van der Waals surface area contributed by atoms with E-state index in [1.165, 1.54) is 12.8 Å². The second kappa shape index (κ2) is 10.7. The van der Waals surface area contributed by atoms with Crippen LogP contribution in [0.2, 0.25) is 0 Å². The van der Waals surface area contributed by atoms with E-state index in [2.05, 4.69) is 30.3 Å². The molecule has 4 rings (SSSR count). The van der Waals surface area contributed by atoms with Gasteiger partial charge in [0.15, 0.2) is 6.61 Å². The van der Waals surface area contributed by atoms with E-state index >= 15 is 0 Å². The highest BCUT2D eigenvalue weighted by atomic mass is 16.5. The lowest BCUT2D eigenvalue weighted by atomic mass is 10.1. The summed E-state index contributed by atoms with van der Waals surface area (Å²) in [4.78, 5) is 29.2. The lowest BCUT2D eigenvalue weighted by Gasteiger charge is -2.30. The van der Waals surface area contributed by atoms with Gasteiger partial charge >= 0.3 is 5.97 Å². The fraction of sp³-hybridized carbons (Fsp3) is 0.500. The van der Waals surface area contributed by atoms with Gasteiger partial charge in [-0.05, 0) is 50.7 Å². The van der Waals surface area contributed by atoms with Gasteiger partial charge < -0.3 is 19.6 Å². The number of carboxylic acid groups (broad SMARTS) is 1. The molecule has 0 spiro atoms. The lowest BCUT2D eigenvalue weighted by Crippen LogP contribution is -2.34. The van der Waals surface area contributed by atoms with E-state index in [0.717, 1.165) is 51.9 Å². The van der Waals surface area contributed by atoms with Gasteiger partial charge in [-0.2, -0.15) is 20.1 Å². The van der Waals surface area contributed by atoms with Gasteiger partial charge in [0.2, 0.25) is 17.8 Å². The van der Waals surface area contributed by atoms with Crippen molar-refractivity contribution in [1.29, 1.82) is 0 Å². The lowest BCUT2D eigenvalue weighted by molar-refractivity contribution is -0.139. The van der Waals surface area contributed by atoms with E-state index in [0.29, 0.717) is 29.2 Å². The number of para-hydroxylation sites is 1. The Morgan fingerprint density at radius 3 is 2.16 bits per heavy atom. The molecule has 2 saturated heterocycles. The number of aromatic nitrogens is 3. The van der Waals surface area contributed by atoms with Gasteiger partial charge in [-0.1, -0.05) is 12.1 Å². The van der Waals surface area contributed by atoms with Crippen molar-refractivity contribution in [3.63, 3.8) is 0 Å². The Bertz CT molecular complexity index is 905. The van der Waals surface area contributed by atoms with E-state index in [1.807, 2.05) is 6.07 Å². The van der Waals surface area contributed by atoms with Crippen LogP contribution >= 0.6 is 0 Å².